The Morgan fingerprint density at radius 2 is 1.89 bits per heavy atom. The lowest BCUT2D eigenvalue weighted by Gasteiger charge is -2.22. The lowest BCUT2D eigenvalue weighted by Crippen LogP contribution is -2.48. The van der Waals surface area contributed by atoms with Crippen LogP contribution in [0.4, 0.5) is 5.69 Å². The molecule has 1 atom stereocenters. The van der Waals surface area contributed by atoms with Crippen LogP contribution in [0.15, 0.2) is 66.7 Å². The highest BCUT2D eigenvalue weighted by molar-refractivity contribution is 6.42. The quantitative estimate of drug-likeness (QED) is 0.804. The van der Waals surface area contributed by atoms with Crippen LogP contribution < -0.4 is 10.2 Å². The normalized spacial score (nSPS) is 16.7. The summed E-state index contributed by atoms with van der Waals surface area (Å²) in [4.78, 5) is 26.6. The Morgan fingerprint density at radius 3 is 2.67 bits per heavy atom. The highest BCUT2D eigenvalue weighted by Gasteiger charge is 2.29. The Labute approximate surface area is 159 Å². The van der Waals surface area contributed by atoms with E-state index in [1.54, 1.807) is 18.0 Å². The minimum absolute atomic E-state index is 0.150. The predicted octanol–water partition coefficient (Wildman–Crippen LogP) is 2.90. The molecule has 2 aromatic carbocycles. The maximum atomic E-state index is 12.7. The molecule has 0 radical (unpaired) electrons. The molecule has 5 heteroatoms. The average Bonchev–Trinajstić information content (AvgIpc) is 2.81. The fourth-order valence-corrected chi connectivity index (χ4v) is 3.20. The molecule has 1 aliphatic heterocycles. The predicted molar refractivity (Wildman–Crippen MR) is 107 cm³/mol. The number of nitrogens with one attached hydrogen (secondary N) is 2. The van der Waals surface area contributed by atoms with Gasteiger partial charge in [-0.3, -0.25) is 15.0 Å². The van der Waals surface area contributed by atoms with Gasteiger partial charge in [0.15, 0.2) is 0 Å². The highest BCUT2D eigenvalue weighted by Crippen LogP contribution is 2.25. The Kier molecular flexibility index (Phi) is 5.81. The Hall–Kier alpha value is -3.21. The van der Waals surface area contributed by atoms with Gasteiger partial charge in [0.1, 0.15) is 11.8 Å². The maximum Gasteiger partial charge on any atom is 0.269 e. The second-order valence-corrected chi connectivity index (χ2v) is 6.60. The molecule has 0 saturated heterocycles. The first-order chi connectivity index (χ1) is 13.1. The molecular formula is C22H23N3O2. The smallest absolute Gasteiger partial charge is 0.269 e. The molecule has 2 N–H and O–H groups in total. The highest BCUT2D eigenvalue weighted by atomic mass is 16.2. The molecule has 0 saturated carbocycles. The zero-order valence-electron chi connectivity index (χ0n) is 15.3. The van der Waals surface area contributed by atoms with Crippen molar-refractivity contribution in [2.75, 3.05) is 11.9 Å². The van der Waals surface area contributed by atoms with Gasteiger partial charge in [-0.25, -0.2) is 0 Å². The van der Waals surface area contributed by atoms with Crippen molar-refractivity contribution in [3.63, 3.8) is 0 Å². The Morgan fingerprint density at radius 1 is 1.19 bits per heavy atom. The van der Waals surface area contributed by atoms with E-state index >= 15 is 0 Å². The minimum atomic E-state index is -0.627. The van der Waals surface area contributed by atoms with Gasteiger partial charge in [0.25, 0.3) is 5.91 Å². The number of fused-ring (bicyclic) bond motifs is 1. The molecule has 1 aliphatic rings. The third kappa shape index (κ3) is 4.50. The van der Waals surface area contributed by atoms with Crippen molar-refractivity contribution in [2.45, 2.75) is 25.3 Å². The summed E-state index contributed by atoms with van der Waals surface area (Å²) in [6, 6.07) is 17.0. The molecular weight excluding hydrogens is 338 g/mol. The second-order valence-electron chi connectivity index (χ2n) is 6.60. The monoisotopic (exact) mass is 361 g/mol. The number of hydrogen-bond donors (Lipinski definition) is 2. The average molecular weight is 361 g/mol. The second kappa shape index (κ2) is 8.45. The van der Waals surface area contributed by atoms with E-state index in [4.69, 9.17) is 5.41 Å². The van der Waals surface area contributed by atoms with Crippen LogP contribution in [0.5, 0.6) is 0 Å². The molecule has 1 heterocycles. The number of aryl methyl sites for hydroxylation is 1. The summed E-state index contributed by atoms with van der Waals surface area (Å²) in [5, 5.41) is 10.7. The zero-order valence-corrected chi connectivity index (χ0v) is 15.3. The summed E-state index contributed by atoms with van der Waals surface area (Å²) in [6.07, 6.45) is 5.15. The van der Waals surface area contributed by atoms with Crippen LogP contribution in [0.1, 0.15) is 17.5 Å². The van der Waals surface area contributed by atoms with Crippen LogP contribution in [-0.2, 0) is 22.4 Å². The van der Waals surface area contributed by atoms with Crippen LogP contribution >= 0.6 is 0 Å². The van der Waals surface area contributed by atoms with Crippen LogP contribution in [0.3, 0.4) is 0 Å². The SMILES string of the molecule is CN1C(=O)C(NC(=O)C(=N)C=CCc2ccccc2)CCc2ccccc21. The number of anilines is 1. The largest absolute Gasteiger partial charge is 0.339 e. The summed E-state index contributed by atoms with van der Waals surface area (Å²) in [7, 11) is 1.72. The third-order valence-electron chi connectivity index (χ3n) is 4.71. The lowest BCUT2D eigenvalue weighted by molar-refractivity contribution is -0.124. The van der Waals surface area contributed by atoms with E-state index in [9.17, 15) is 9.59 Å². The van der Waals surface area contributed by atoms with Crippen LogP contribution in [0.2, 0.25) is 0 Å². The third-order valence-corrected chi connectivity index (χ3v) is 4.71. The van der Waals surface area contributed by atoms with Crippen molar-refractivity contribution in [2.24, 2.45) is 0 Å². The van der Waals surface area contributed by atoms with Crippen molar-refractivity contribution in [1.82, 2.24) is 5.32 Å². The van der Waals surface area contributed by atoms with Crippen molar-refractivity contribution >= 4 is 23.2 Å². The number of benzene rings is 2. The number of hydrogen-bond acceptors (Lipinski definition) is 3. The molecule has 0 aliphatic carbocycles. The van der Waals surface area contributed by atoms with Crippen molar-refractivity contribution in [3.05, 3.63) is 77.9 Å². The number of nitrogens with zero attached hydrogens (tertiary/aromatic N) is 1. The number of likely N-dealkylation sites (N-methyl/N-ethyl adjacent to an activating group) is 1. The molecule has 1 unspecified atom stereocenters. The van der Waals surface area contributed by atoms with Gasteiger partial charge in [-0.05, 0) is 42.5 Å². The molecule has 0 aromatic heterocycles. The standard InChI is InChI=1S/C22H23N3O2/c1-25-20-13-6-5-11-17(20)14-15-19(22(25)27)24-21(26)18(23)12-7-10-16-8-3-2-4-9-16/h2-9,11-13,19,23H,10,14-15H2,1H3,(H,24,26). The van der Waals surface area contributed by atoms with Gasteiger partial charge in [0.2, 0.25) is 5.91 Å². The number of allylic oxidation sites excluding steroid dienone is 1. The molecule has 0 fully saturated rings. The molecule has 0 spiro atoms. The molecule has 5 nitrogen and oxygen atoms in total. The van der Waals surface area contributed by atoms with Crippen molar-refractivity contribution in [3.8, 4) is 0 Å². The van der Waals surface area contributed by atoms with Crippen LogP contribution in [-0.4, -0.2) is 30.6 Å². The maximum absolute atomic E-state index is 12.7. The zero-order chi connectivity index (χ0) is 19.2. The first-order valence-corrected chi connectivity index (χ1v) is 9.01. The van der Waals surface area contributed by atoms with Gasteiger partial charge < -0.3 is 10.2 Å². The molecule has 138 valence electrons. The van der Waals surface area contributed by atoms with E-state index in [2.05, 4.69) is 5.32 Å². The molecule has 27 heavy (non-hydrogen) atoms. The summed E-state index contributed by atoms with van der Waals surface area (Å²) in [6.45, 7) is 0. The Balaban J connectivity index is 1.60. The number of rotatable bonds is 5. The summed E-state index contributed by atoms with van der Waals surface area (Å²) in [5.74, 6) is -0.689. The summed E-state index contributed by atoms with van der Waals surface area (Å²) < 4.78 is 0. The molecule has 0 bridgehead atoms. The lowest BCUT2D eigenvalue weighted by atomic mass is 10.1. The summed E-state index contributed by atoms with van der Waals surface area (Å²) in [5.41, 5.74) is 2.92. The van der Waals surface area contributed by atoms with Gasteiger partial charge in [-0.2, -0.15) is 0 Å². The Bertz CT molecular complexity index is 874. The fraction of sp³-hybridized carbons (Fsp3) is 0.227. The number of carbonyl (C=O) groups excluding carboxylic acids is 2. The topological polar surface area (TPSA) is 73.3 Å². The number of amides is 2. The summed E-state index contributed by atoms with van der Waals surface area (Å²) >= 11 is 0. The van der Waals surface area contributed by atoms with E-state index in [1.807, 2.05) is 54.6 Å². The van der Waals surface area contributed by atoms with Crippen molar-refractivity contribution < 1.29 is 9.59 Å². The van der Waals surface area contributed by atoms with Gasteiger partial charge in [0.05, 0.1) is 0 Å². The van der Waals surface area contributed by atoms with Crippen LogP contribution in [0, 0.1) is 5.41 Å². The van der Waals surface area contributed by atoms with Gasteiger partial charge in [-0.15, -0.1) is 0 Å². The number of carbonyl (C=O) groups is 2. The first-order valence-electron chi connectivity index (χ1n) is 9.01. The minimum Gasteiger partial charge on any atom is -0.339 e. The molecule has 2 amide bonds. The molecule has 2 aromatic rings. The van der Waals surface area contributed by atoms with Gasteiger partial charge >= 0.3 is 0 Å². The van der Waals surface area contributed by atoms with Gasteiger partial charge in [0, 0.05) is 12.7 Å². The van der Waals surface area contributed by atoms with E-state index < -0.39 is 11.9 Å². The molecule has 3 rings (SSSR count). The van der Waals surface area contributed by atoms with Crippen LogP contribution in [0.25, 0.3) is 0 Å². The van der Waals surface area contributed by atoms with Gasteiger partial charge in [-0.1, -0.05) is 54.6 Å². The van der Waals surface area contributed by atoms with E-state index in [-0.39, 0.29) is 11.6 Å². The van der Waals surface area contributed by atoms with E-state index in [1.165, 1.54) is 6.08 Å². The van der Waals surface area contributed by atoms with Crippen molar-refractivity contribution in [1.29, 1.82) is 5.41 Å². The number of para-hydroxylation sites is 1. The van der Waals surface area contributed by atoms with E-state index in [0.717, 1.165) is 16.8 Å². The van der Waals surface area contributed by atoms with E-state index in [0.29, 0.717) is 19.3 Å². The fourth-order valence-electron chi connectivity index (χ4n) is 3.20. The first kappa shape index (κ1) is 18.6.